The van der Waals surface area contributed by atoms with Crippen LogP contribution in [0.25, 0.3) is 6.08 Å². The van der Waals surface area contributed by atoms with Crippen molar-refractivity contribution in [2.45, 2.75) is 41.2 Å². The molecule has 1 aliphatic heterocycles. The van der Waals surface area contributed by atoms with Crippen LogP contribution in [0.5, 0.6) is 11.5 Å². The summed E-state index contributed by atoms with van der Waals surface area (Å²) in [5.74, 6) is 1.56. The van der Waals surface area contributed by atoms with Gasteiger partial charge in [0.05, 0.1) is 5.56 Å². The van der Waals surface area contributed by atoms with Crippen molar-refractivity contribution in [3.63, 3.8) is 0 Å². The summed E-state index contributed by atoms with van der Waals surface area (Å²) in [5.41, 5.74) is 7.09. The molecular weight excluding hydrogens is 410 g/mol. The number of rotatable bonds is 7. The van der Waals surface area contributed by atoms with E-state index in [-0.39, 0.29) is 5.78 Å². The number of nitrogens with zero attached hydrogens (tertiary/aromatic N) is 1. The Hall–Kier alpha value is -3.53. The first kappa shape index (κ1) is 22.7. The highest BCUT2D eigenvalue weighted by Crippen LogP contribution is 2.39. The molecule has 0 N–H and O–H groups in total. The van der Waals surface area contributed by atoms with Gasteiger partial charge in [0.15, 0.2) is 5.76 Å². The molecule has 0 spiro atoms. The second-order valence-corrected chi connectivity index (χ2v) is 8.49. The molecule has 33 heavy (non-hydrogen) atoms. The van der Waals surface area contributed by atoms with E-state index in [2.05, 4.69) is 62.9 Å². The fourth-order valence-electron chi connectivity index (χ4n) is 4.16. The van der Waals surface area contributed by atoms with Crippen LogP contribution in [-0.2, 0) is 6.61 Å². The molecular formula is C29H31NO3. The first-order chi connectivity index (χ1) is 15.9. The fourth-order valence-corrected chi connectivity index (χ4v) is 4.16. The molecule has 3 aromatic carbocycles. The SMILES string of the molecule is CCN(CC)c1ccc(/C=C2\Oc3c(ccc(OCc4cc(C)ccc4C)c3C)C2=O)cc1. The Morgan fingerprint density at radius 3 is 2.36 bits per heavy atom. The van der Waals surface area contributed by atoms with Crippen LogP contribution < -0.4 is 14.4 Å². The molecule has 0 unspecified atom stereocenters. The van der Waals surface area contributed by atoms with Crippen LogP contribution in [0, 0.1) is 20.8 Å². The molecule has 0 aromatic heterocycles. The molecule has 1 heterocycles. The molecule has 0 fully saturated rings. The number of hydrogen-bond acceptors (Lipinski definition) is 4. The van der Waals surface area contributed by atoms with Crippen molar-refractivity contribution in [3.8, 4) is 11.5 Å². The molecule has 0 aliphatic carbocycles. The van der Waals surface area contributed by atoms with E-state index in [4.69, 9.17) is 9.47 Å². The molecule has 4 heteroatoms. The number of benzene rings is 3. The number of Topliss-reactive ketones (excluding diaryl/α,β-unsaturated/α-hetero) is 1. The average molecular weight is 442 g/mol. The van der Waals surface area contributed by atoms with Gasteiger partial charge in [-0.1, -0.05) is 35.9 Å². The minimum atomic E-state index is -0.0954. The van der Waals surface area contributed by atoms with Gasteiger partial charge in [-0.2, -0.15) is 0 Å². The second-order valence-electron chi connectivity index (χ2n) is 8.49. The summed E-state index contributed by atoms with van der Waals surface area (Å²) < 4.78 is 12.1. The largest absolute Gasteiger partial charge is 0.488 e. The molecule has 1 aliphatic rings. The lowest BCUT2D eigenvalue weighted by molar-refractivity contribution is 0.101. The van der Waals surface area contributed by atoms with Gasteiger partial charge in [0.1, 0.15) is 18.1 Å². The zero-order valence-electron chi connectivity index (χ0n) is 20.1. The number of ether oxygens (including phenoxy) is 2. The number of aryl methyl sites for hydroxylation is 2. The zero-order chi connectivity index (χ0) is 23.5. The average Bonchev–Trinajstić information content (AvgIpc) is 3.13. The van der Waals surface area contributed by atoms with Crippen molar-refractivity contribution in [2.24, 2.45) is 0 Å². The lowest BCUT2D eigenvalue weighted by Crippen LogP contribution is -2.21. The first-order valence-corrected chi connectivity index (χ1v) is 11.5. The molecule has 4 nitrogen and oxygen atoms in total. The monoisotopic (exact) mass is 441 g/mol. The molecule has 0 saturated heterocycles. The number of carbonyl (C=O) groups excluding carboxylic acids is 1. The molecule has 0 radical (unpaired) electrons. The van der Waals surface area contributed by atoms with Crippen molar-refractivity contribution in [2.75, 3.05) is 18.0 Å². The van der Waals surface area contributed by atoms with Crippen molar-refractivity contribution in [3.05, 3.63) is 93.7 Å². The van der Waals surface area contributed by atoms with E-state index in [0.717, 1.165) is 35.5 Å². The number of carbonyl (C=O) groups is 1. The lowest BCUT2D eigenvalue weighted by Gasteiger charge is -2.20. The van der Waals surface area contributed by atoms with E-state index < -0.39 is 0 Å². The predicted octanol–water partition coefficient (Wildman–Crippen LogP) is 6.65. The Bertz CT molecular complexity index is 1200. The standard InChI is InChI=1S/C29H31NO3/c1-6-30(7-2)24-12-10-22(11-13-24)17-27-28(31)25-14-15-26(21(5)29(25)33-27)32-18-23-16-19(3)8-9-20(23)4/h8-17H,6-7,18H2,1-5H3/b27-17-. The highest BCUT2D eigenvalue weighted by Gasteiger charge is 2.30. The van der Waals surface area contributed by atoms with E-state index >= 15 is 0 Å². The van der Waals surface area contributed by atoms with Gasteiger partial charge in [-0.25, -0.2) is 0 Å². The van der Waals surface area contributed by atoms with E-state index in [9.17, 15) is 4.79 Å². The predicted molar refractivity (Wildman–Crippen MR) is 134 cm³/mol. The van der Waals surface area contributed by atoms with Gasteiger partial charge in [0.25, 0.3) is 0 Å². The van der Waals surface area contributed by atoms with Crippen molar-refractivity contribution in [1.82, 2.24) is 0 Å². The second kappa shape index (κ2) is 9.53. The Morgan fingerprint density at radius 2 is 1.67 bits per heavy atom. The van der Waals surface area contributed by atoms with Gasteiger partial charge in [-0.15, -0.1) is 0 Å². The topological polar surface area (TPSA) is 38.8 Å². The van der Waals surface area contributed by atoms with Crippen LogP contribution in [0.1, 0.15) is 52.0 Å². The Balaban J connectivity index is 1.53. The number of allylic oxidation sites excluding steroid dienone is 1. The highest BCUT2D eigenvalue weighted by atomic mass is 16.5. The normalized spacial score (nSPS) is 13.7. The fraction of sp³-hybridized carbons (Fsp3) is 0.276. The number of hydrogen-bond donors (Lipinski definition) is 0. The van der Waals surface area contributed by atoms with Gasteiger partial charge in [0.2, 0.25) is 5.78 Å². The summed E-state index contributed by atoms with van der Waals surface area (Å²) in [6.45, 7) is 12.8. The minimum Gasteiger partial charge on any atom is -0.488 e. The summed E-state index contributed by atoms with van der Waals surface area (Å²) in [6.07, 6.45) is 1.81. The van der Waals surface area contributed by atoms with Gasteiger partial charge in [-0.05, 0) is 81.7 Å². The molecule has 0 bridgehead atoms. The summed E-state index contributed by atoms with van der Waals surface area (Å²) in [7, 11) is 0. The maximum absolute atomic E-state index is 13.0. The molecule has 3 aromatic rings. The van der Waals surface area contributed by atoms with Gasteiger partial charge < -0.3 is 14.4 Å². The summed E-state index contributed by atoms with van der Waals surface area (Å²) in [6, 6.07) is 18.2. The van der Waals surface area contributed by atoms with Crippen LogP contribution in [0.2, 0.25) is 0 Å². The van der Waals surface area contributed by atoms with Gasteiger partial charge in [0, 0.05) is 24.3 Å². The Morgan fingerprint density at radius 1 is 0.939 bits per heavy atom. The van der Waals surface area contributed by atoms with E-state index in [1.165, 1.54) is 16.8 Å². The number of anilines is 1. The lowest BCUT2D eigenvalue weighted by atomic mass is 10.0. The third kappa shape index (κ3) is 4.65. The maximum atomic E-state index is 13.0. The third-order valence-electron chi connectivity index (χ3n) is 6.24. The maximum Gasteiger partial charge on any atom is 0.231 e. The van der Waals surface area contributed by atoms with Crippen LogP contribution >= 0.6 is 0 Å². The van der Waals surface area contributed by atoms with Crippen molar-refractivity contribution in [1.29, 1.82) is 0 Å². The summed E-state index contributed by atoms with van der Waals surface area (Å²) in [5, 5.41) is 0. The van der Waals surface area contributed by atoms with Gasteiger partial charge >= 0.3 is 0 Å². The van der Waals surface area contributed by atoms with Crippen LogP contribution in [0.15, 0.2) is 60.4 Å². The van der Waals surface area contributed by atoms with E-state index in [1.807, 2.05) is 31.2 Å². The first-order valence-electron chi connectivity index (χ1n) is 11.5. The Kier molecular flexibility index (Phi) is 6.55. The van der Waals surface area contributed by atoms with Crippen LogP contribution in [-0.4, -0.2) is 18.9 Å². The third-order valence-corrected chi connectivity index (χ3v) is 6.24. The molecule has 170 valence electrons. The van der Waals surface area contributed by atoms with Crippen molar-refractivity contribution < 1.29 is 14.3 Å². The molecule has 0 amide bonds. The number of fused-ring (bicyclic) bond motifs is 1. The molecule has 0 saturated carbocycles. The van der Waals surface area contributed by atoms with Gasteiger partial charge in [-0.3, -0.25) is 4.79 Å². The quantitative estimate of drug-likeness (QED) is 0.385. The van der Waals surface area contributed by atoms with E-state index in [0.29, 0.717) is 23.7 Å². The van der Waals surface area contributed by atoms with E-state index in [1.54, 1.807) is 6.07 Å². The number of ketones is 1. The summed E-state index contributed by atoms with van der Waals surface area (Å²) >= 11 is 0. The highest BCUT2D eigenvalue weighted by molar-refractivity contribution is 6.15. The summed E-state index contributed by atoms with van der Waals surface area (Å²) in [4.78, 5) is 15.2. The zero-order valence-corrected chi connectivity index (χ0v) is 20.1. The molecule has 4 rings (SSSR count). The van der Waals surface area contributed by atoms with Crippen LogP contribution in [0.4, 0.5) is 5.69 Å². The minimum absolute atomic E-state index is 0.0954. The molecule has 0 atom stereocenters. The Labute approximate surface area is 196 Å². The van der Waals surface area contributed by atoms with Crippen molar-refractivity contribution >= 4 is 17.5 Å². The van der Waals surface area contributed by atoms with Crippen LogP contribution in [0.3, 0.4) is 0 Å². The smallest absolute Gasteiger partial charge is 0.231 e.